The second-order valence-corrected chi connectivity index (χ2v) is 9.39. The average molecular weight is 402 g/mol. The normalized spacial score (nSPS) is 24.7. The van der Waals surface area contributed by atoms with Crippen LogP contribution in [0.5, 0.6) is 0 Å². The number of piperidine rings is 1. The number of aryl methyl sites for hydroxylation is 1. The lowest BCUT2D eigenvalue weighted by Crippen LogP contribution is -2.44. The number of hydrogen-bond acceptors (Lipinski definition) is 4. The van der Waals surface area contributed by atoms with Crippen molar-refractivity contribution in [1.82, 2.24) is 25.3 Å². The van der Waals surface area contributed by atoms with E-state index in [9.17, 15) is 9.59 Å². The zero-order valence-electron chi connectivity index (χ0n) is 17.7. The van der Waals surface area contributed by atoms with Crippen LogP contribution in [0.4, 0.5) is 0 Å². The molecule has 0 radical (unpaired) electrons. The summed E-state index contributed by atoms with van der Waals surface area (Å²) in [4.78, 5) is 27.3. The second-order valence-electron chi connectivity index (χ2n) is 9.39. The van der Waals surface area contributed by atoms with Gasteiger partial charge in [0.1, 0.15) is 0 Å². The summed E-state index contributed by atoms with van der Waals surface area (Å²) >= 11 is 0. The third-order valence-electron chi connectivity index (χ3n) is 7.46. The van der Waals surface area contributed by atoms with Gasteiger partial charge in [-0.3, -0.25) is 14.3 Å². The van der Waals surface area contributed by atoms with Crippen molar-refractivity contribution in [3.8, 4) is 0 Å². The monoisotopic (exact) mass is 401 g/mol. The minimum absolute atomic E-state index is 0.114. The van der Waals surface area contributed by atoms with Crippen LogP contribution in [0.1, 0.15) is 68.1 Å². The Hall–Kier alpha value is -1.89. The molecule has 3 aliphatic rings. The first kappa shape index (κ1) is 20.4. The lowest BCUT2D eigenvalue weighted by molar-refractivity contribution is -0.133. The van der Waals surface area contributed by atoms with Crippen molar-refractivity contribution >= 4 is 11.8 Å². The van der Waals surface area contributed by atoms with Gasteiger partial charge in [0.2, 0.25) is 5.91 Å². The highest BCUT2D eigenvalue weighted by Crippen LogP contribution is 2.46. The SMILES string of the molecule is Cn1cc(C(=O)NCC2CCCN2C(=O)CC2CCC3(CCNCC3)CC2)cn1. The molecule has 2 N–H and O–H groups in total. The Morgan fingerprint density at radius 3 is 2.66 bits per heavy atom. The van der Waals surface area contributed by atoms with E-state index in [1.807, 2.05) is 4.90 Å². The van der Waals surface area contributed by atoms with Crippen molar-refractivity contribution in [2.24, 2.45) is 18.4 Å². The van der Waals surface area contributed by atoms with E-state index in [0.29, 0.717) is 29.9 Å². The fourth-order valence-corrected chi connectivity index (χ4v) is 5.54. The molecule has 3 fully saturated rings. The molecule has 1 aromatic heterocycles. The van der Waals surface area contributed by atoms with E-state index in [1.165, 1.54) is 38.5 Å². The van der Waals surface area contributed by atoms with E-state index in [-0.39, 0.29) is 17.9 Å². The fourth-order valence-electron chi connectivity index (χ4n) is 5.54. The summed E-state index contributed by atoms with van der Waals surface area (Å²) in [5.74, 6) is 0.709. The van der Waals surface area contributed by atoms with Gasteiger partial charge in [0, 0.05) is 38.8 Å². The molecule has 1 spiro atoms. The van der Waals surface area contributed by atoms with Crippen LogP contribution in [0, 0.1) is 11.3 Å². The maximum Gasteiger partial charge on any atom is 0.254 e. The first-order valence-corrected chi connectivity index (χ1v) is 11.3. The quantitative estimate of drug-likeness (QED) is 0.792. The molecule has 29 heavy (non-hydrogen) atoms. The molecule has 7 heteroatoms. The van der Waals surface area contributed by atoms with E-state index in [1.54, 1.807) is 24.1 Å². The van der Waals surface area contributed by atoms with Crippen LogP contribution in [0.2, 0.25) is 0 Å². The lowest BCUT2D eigenvalue weighted by atomic mass is 9.65. The molecule has 0 bridgehead atoms. The molecule has 1 unspecified atom stereocenters. The summed E-state index contributed by atoms with van der Waals surface area (Å²) < 4.78 is 1.62. The summed E-state index contributed by atoms with van der Waals surface area (Å²) in [6.45, 7) is 3.67. The number of carbonyl (C=O) groups is 2. The standard InChI is InChI=1S/C22H35N5O2/c1-26-16-18(14-25-26)21(29)24-15-19-3-2-12-27(19)20(28)13-17-4-6-22(7-5-17)8-10-23-11-9-22/h14,16-17,19,23H,2-13,15H2,1H3,(H,24,29). The first-order valence-electron chi connectivity index (χ1n) is 11.3. The number of aromatic nitrogens is 2. The molecule has 4 rings (SSSR count). The van der Waals surface area contributed by atoms with Crippen LogP contribution in [-0.2, 0) is 11.8 Å². The molecule has 1 aliphatic carbocycles. The highest BCUT2D eigenvalue weighted by Gasteiger charge is 2.37. The molecule has 3 heterocycles. The van der Waals surface area contributed by atoms with Gasteiger partial charge >= 0.3 is 0 Å². The first-order chi connectivity index (χ1) is 14.0. The van der Waals surface area contributed by atoms with Gasteiger partial charge < -0.3 is 15.5 Å². The molecule has 1 atom stereocenters. The molecule has 2 saturated heterocycles. The van der Waals surface area contributed by atoms with Crippen molar-refractivity contribution < 1.29 is 9.59 Å². The number of nitrogens with one attached hydrogen (secondary N) is 2. The van der Waals surface area contributed by atoms with E-state index >= 15 is 0 Å². The number of carbonyl (C=O) groups excluding carboxylic acids is 2. The van der Waals surface area contributed by atoms with E-state index in [0.717, 1.165) is 32.5 Å². The Balaban J connectivity index is 1.24. The van der Waals surface area contributed by atoms with Gasteiger partial charge in [0.25, 0.3) is 5.91 Å². The van der Waals surface area contributed by atoms with E-state index in [4.69, 9.17) is 0 Å². The molecule has 2 aliphatic heterocycles. The van der Waals surface area contributed by atoms with Crippen LogP contribution >= 0.6 is 0 Å². The van der Waals surface area contributed by atoms with Gasteiger partial charge in [-0.1, -0.05) is 0 Å². The lowest BCUT2D eigenvalue weighted by Gasteiger charge is -2.43. The Kier molecular flexibility index (Phi) is 6.23. The van der Waals surface area contributed by atoms with Gasteiger partial charge in [-0.25, -0.2) is 0 Å². The van der Waals surface area contributed by atoms with Crippen LogP contribution in [0.15, 0.2) is 12.4 Å². The zero-order chi connectivity index (χ0) is 20.3. The predicted octanol–water partition coefficient (Wildman–Crippen LogP) is 2.09. The smallest absolute Gasteiger partial charge is 0.254 e. The summed E-state index contributed by atoms with van der Waals surface area (Å²) in [5.41, 5.74) is 1.12. The summed E-state index contributed by atoms with van der Waals surface area (Å²) in [6, 6.07) is 0.127. The predicted molar refractivity (Wildman–Crippen MR) is 111 cm³/mol. The Morgan fingerprint density at radius 2 is 1.97 bits per heavy atom. The highest BCUT2D eigenvalue weighted by molar-refractivity contribution is 5.93. The maximum atomic E-state index is 13.0. The molecule has 160 valence electrons. The van der Waals surface area contributed by atoms with Gasteiger partial charge in [0.15, 0.2) is 0 Å². The third-order valence-corrected chi connectivity index (χ3v) is 7.46. The van der Waals surface area contributed by atoms with Gasteiger partial charge in [-0.2, -0.15) is 5.10 Å². The number of likely N-dealkylation sites (tertiary alicyclic amines) is 1. The van der Waals surface area contributed by atoms with Crippen molar-refractivity contribution in [3.63, 3.8) is 0 Å². The van der Waals surface area contributed by atoms with Crippen molar-refractivity contribution in [2.45, 2.75) is 63.8 Å². The largest absolute Gasteiger partial charge is 0.350 e. The van der Waals surface area contributed by atoms with Crippen LogP contribution in [-0.4, -0.2) is 58.7 Å². The molecular formula is C22H35N5O2. The zero-order valence-corrected chi connectivity index (χ0v) is 17.7. The third kappa shape index (κ3) is 4.82. The van der Waals surface area contributed by atoms with Crippen molar-refractivity contribution in [2.75, 3.05) is 26.2 Å². The average Bonchev–Trinajstić information content (AvgIpc) is 3.38. The topological polar surface area (TPSA) is 79.3 Å². The second kappa shape index (κ2) is 8.86. The number of nitrogens with zero attached hydrogens (tertiary/aromatic N) is 3. The van der Waals surface area contributed by atoms with E-state index < -0.39 is 0 Å². The number of rotatable bonds is 5. The molecule has 7 nitrogen and oxygen atoms in total. The summed E-state index contributed by atoms with van der Waals surface area (Å²) in [7, 11) is 1.80. The van der Waals surface area contributed by atoms with Crippen molar-refractivity contribution in [3.05, 3.63) is 18.0 Å². The minimum atomic E-state index is -0.114. The molecular weight excluding hydrogens is 366 g/mol. The fraction of sp³-hybridized carbons (Fsp3) is 0.773. The Labute approximate surface area is 173 Å². The molecule has 2 amide bonds. The highest BCUT2D eigenvalue weighted by atomic mass is 16.2. The minimum Gasteiger partial charge on any atom is -0.350 e. The van der Waals surface area contributed by atoms with Crippen molar-refractivity contribution in [1.29, 1.82) is 0 Å². The van der Waals surface area contributed by atoms with Gasteiger partial charge in [0.05, 0.1) is 11.8 Å². The van der Waals surface area contributed by atoms with Gasteiger partial charge in [-0.05, 0) is 75.8 Å². The van der Waals surface area contributed by atoms with Crippen LogP contribution in [0.3, 0.4) is 0 Å². The van der Waals surface area contributed by atoms with Crippen LogP contribution in [0.25, 0.3) is 0 Å². The number of amides is 2. The summed E-state index contributed by atoms with van der Waals surface area (Å²) in [6.07, 6.45) is 13.5. The molecule has 1 aromatic rings. The maximum absolute atomic E-state index is 13.0. The van der Waals surface area contributed by atoms with Crippen LogP contribution < -0.4 is 10.6 Å². The summed E-state index contributed by atoms with van der Waals surface area (Å²) in [5, 5.41) is 10.5. The number of hydrogen-bond donors (Lipinski definition) is 2. The Bertz CT molecular complexity index is 715. The molecule has 1 saturated carbocycles. The Morgan fingerprint density at radius 1 is 1.21 bits per heavy atom. The van der Waals surface area contributed by atoms with E-state index in [2.05, 4.69) is 15.7 Å². The molecule has 0 aromatic carbocycles. The van der Waals surface area contributed by atoms with Gasteiger partial charge in [-0.15, -0.1) is 0 Å².